The largest absolute Gasteiger partial charge is 0.502 e. The summed E-state index contributed by atoms with van der Waals surface area (Å²) < 4.78 is 4.71. The van der Waals surface area contributed by atoms with E-state index in [-0.39, 0.29) is 12.2 Å². The molecule has 3 N–H and O–H groups in total. The molecule has 13 heavy (non-hydrogen) atoms. The Bertz CT molecular complexity index is 366. The average Bonchev–Trinajstić information content (AvgIpc) is 2.14. The molecule has 0 saturated carbocycles. The third-order valence-electron chi connectivity index (χ3n) is 1.68. The van der Waals surface area contributed by atoms with Crippen molar-refractivity contribution in [2.75, 3.05) is 25.3 Å². The van der Waals surface area contributed by atoms with E-state index < -0.39 is 16.6 Å². The molecule has 0 aliphatic heterocycles. The van der Waals surface area contributed by atoms with Crippen LogP contribution in [-0.4, -0.2) is 25.4 Å². The summed E-state index contributed by atoms with van der Waals surface area (Å²) >= 11 is 0. The van der Waals surface area contributed by atoms with Crippen LogP contribution in [0.5, 0.6) is 5.75 Å². The predicted molar refractivity (Wildman–Crippen MR) is 46.4 cm³/mol. The van der Waals surface area contributed by atoms with Gasteiger partial charge in [-0.2, -0.15) is 0 Å². The smallest absolute Gasteiger partial charge is 0.271 e. The maximum absolute atomic E-state index is 10.8. The third kappa shape index (κ3) is 1.53. The van der Waals surface area contributed by atoms with Crippen molar-refractivity contribution in [2.24, 2.45) is 5.84 Å². The maximum atomic E-state index is 10.8. The van der Waals surface area contributed by atoms with Gasteiger partial charge < -0.3 is 14.9 Å². The Morgan fingerprint density at radius 2 is 2.08 bits per heavy atom. The quantitative estimate of drug-likeness (QED) is 0.331. The van der Waals surface area contributed by atoms with E-state index in [1.54, 1.807) is 0 Å². The molecule has 6 nitrogen and oxygen atoms in total. The molecule has 0 spiro atoms. The van der Waals surface area contributed by atoms with Crippen LogP contribution < -0.4 is 21.7 Å². The van der Waals surface area contributed by atoms with Gasteiger partial charge in [-0.25, -0.2) is 5.84 Å². The molecule has 0 atom stereocenters. The van der Waals surface area contributed by atoms with Crippen molar-refractivity contribution in [1.29, 1.82) is 0 Å². The summed E-state index contributed by atoms with van der Waals surface area (Å²) in [6.07, 6.45) is 0. The summed E-state index contributed by atoms with van der Waals surface area (Å²) in [6.45, 7) is 0.559. The Balaban J connectivity index is 2.74. The molecule has 0 radical (unpaired) electrons. The van der Waals surface area contributed by atoms with Crippen LogP contribution >= 0.6 is 0 Å². The molecule has 0 fully saturated rings. The fourth-order valence-corrected chi connectivity index (χ4v) is 0.936. The van der Waals surface area contributed by atoms with E-state index in [1.165, 1.54) is 7.11 Å². The van der Waals surface area contributed by atoms with Crippen molar-refractivity contribution < 1.29 is 9.84 Å². The van der Waals surface area contributed by atoms with Crippen molar-refractivity contribution >= 4 is 5.69 Å². The zero-order chi connectivity index (χ0) is 10.0. The molecule has 1 rings (SSSR count). The molecular weight excluding hydrogens is 176 g/mol. The minimum atomic E-state index is -0.886. The molecule has 1 aromatic carbocycles. The van der Waals surface area contributed by atoms with Crippen LogP contribution in [0.3, 0.4) is 0 Å². The maximum Gasteiger partial charge on any atom is 0.271 e. The number of ether oxygens (including phenoxy) is 1. The van der Waals surface area contributed by atoms with Gasteiger partial charge in [-0.1, -0.05) is 0 Å². The molecule has 0 aliphatic carbocycles. The zero-order valence-electron chi connectivity index (χ0n) is 7.11. The van der Waals surface area contributed by atoms with Crippen LogP contribution in [0.4, 0.5) is 5.69 Å². The van der Waals surface area contributed by atoms with Gasteiger partial charge in [-0.15, -0.1) is 0 Å². The summed E-state index contributed by atoms with van der Waals surface area (Å²) in [4.78, 5) is 21.4. The van der Waals surface area contributed by atoms with Crippen LogP contribution in [0.2, 0.25) is 0 Å². The predicted octanol–water partition coefficient (Wildman–Crippen LogP) is -1.69. The van der Waals surface area contributed by atoms with E-state index >= 15 is 0 Å². The average molecular weight is 186 g/mol. The first-order chi connectivity index (χ1) is 6.09. The number of hydrogen-bond acceptors (Lipinski definition) is 6. The molecular formula is C7H10N2O4. The van der Waals surface area contributed by atoms with E-state index in [4.69, 9.17) is 15.7 Å². The van der Waals surface area contributed by atoms with Crippen molar-refractivity contribution in [3.8, 4) is 5.75 Å². The highest BCUT2D eigenvalue weighted by Crippen LogP contribution is 2.17. The monoisotopic (exact) mass is 186 g/mol. The van der Waals surface area contributed by atoms with Gasteiger partial charge >= 0.3 is 0 Å². The van der Waals surface area contributed by atoms with Crippen molar-refractivity contribution in [2.45, 2.75) is 0 Å². The van der Waals surface area contributed by atoms with Gasteiger partial charge in [0.05, 0.1) is 13.2 Å². The number of rotatable bonds is 4. The highest BCUT2D eigenvalue weighted by atomic mass is 16.5. The Kier molecular flexibility index (Phi) is 2.64. The lowest BCUT2D eigenvalue weighted by atomic mass is 10.2. The second-order valence-electron chi connectivity index (χ2n) is 2.54. The molecule has 0 heterocycles. The van der Waals surface area contributed by atoms with Crippen LogP contribution in [0, 0.1) is 0 Å². The van der Waals surface area contributed by atoms with Gasteiger partial charge in [0.25, 0.3) is 10.9 Å². The van der Waals surface area contributed by atoms with Crippen LogP contribution in [-0.2, 0) is 4.74 Å². The van der Waals surface area contributed by atoms with Crippen molar-refractivity contribution in [1.82, 2.24) is 0 Å². The van der Waals surface area contributed by atoms with E-state index in [0.29, 0.717) is 6.61 Å². The topological polar surface area (TPSA) is 92.9 Å². The first-order valence-electron chi connectivity index (χ1n) is 3.63. The van der Waals surface area contributed by atoms with Gasteiger partial charge in [0.15, 0.2) is 11.4 Å². The molecule has 72 valence electrons. The summed E-state index contributed by atoms with van der Waals surface area (Å²) in [5, 5.41) is 9.97. The number of nitrogens with zero attached hydrogens (tertiary/aromatic N) is 1. The van der Waals surface area contributed by atoms with E-state index in [0.717, 1.165) is 5.01 Å². The molecule has 0 aromatic heterocycles. The molecule has 0 bridgehead atoms. The lowest BCUT2D eigenvalue weighted by molar-refractivity contribution is 0.205. The second-order valence-corrected chi connectivity index (χ2v) is 2.54. The number of anilines is 1. The standard InChI is InChI=1S/C7H10N2O4/c1-13-3-2-9(8)4-5(10)7(12)6(4)11/h10H,2-3,8H2,1H3. The SMILES string of the molecule is COCCN(N)c1c(O)c(=O)c1=O. The van der Waals surface area contributed by atoms with Crippen molar-refractivity contribution in [3.05, 3.63) is 20.4 Å². The number of methoxy groups -OCH3 is 1. The normalized spacial score (nSPS) is 10.6. The first kappa shape index (κ1) is 9.69. The minimum absolute atomic E-state index is 0.137. The highest BCUT2D eigenvalue weighted by Gasteiger charge is 2.23. The molecule has 0 saturated heterocycles. The highest BCUT2D eigenvalue weighted by molar-refractivity contribution is 5.61. The minimum Gasteiger partial charge on any atom is -0.502 e. The van der Waals surface area contributed by atoms with Gasteiger partial charge in [0, 0.05) is 7.11 Å². The van der Waals surface area contributed by atoms with E-state index in [9.17, 15) is 9.59 Å². The van der Waals surface area contributed by atoms with Gasteiger partial charge in [-0.05, 0) is 0 Å². The van der Waals surface area contributed by atoms with Crippen LogP contribution in [0.25, 0.3) is 0 Å². The molecule has 0 unspecified atom stereocenters. The molecule has 0 aliphatic rings. The first-order valence-corrected chi connectivity index (χ1v) is 3.63. The van der Waals surface area contributed by atoms with Gasteiger partial charge in [0.2, 0.25) is 0 Å². The number of hydrogen-bond donors (Lipinski definition) is 2. The number of hydrazine groups is 1. The van der Waals surface area contributed by atoms with Crippen molar-refractivity contribution in [3.63, 3.8) is 0 Å². The van der Waals surface area contributed by atoms with Crippen LogP contribution in [0.1, 0.15) is 0 Å². The molecule has 6 heteroatoms. The van der Waals surface area contributed by atoms with Crippen LogP contribution in [0.15, 0.2) is 9.59 Å². The third-order valence-corrected chi connectivity index (χ3v) is 1.68. The fraction of sp³-hybridized carbons (Fsp3) is 0.429. The lowest BCUT2D eigenvalue weighted by Gasteiger charge is -2.19. The number of aromatic hydroxyl groups is 1. The van der Waals surface area contributed by atoms with E-state index in [1.807, 2.05) is 0 Å². The summed E-state index contributed by atoms with van der Waals surface area (Å²) in [6, 6.07) is 0. The Morgan fingerprint density at radius 3 is 2.54 bits per heavy atom. The number of nitrogens with two attached hydrogens (primary N) is 1. The lowest BCUT2D eigenvalue weighted by Crippen LogP contribution is -2.44. The summed E-state index contributed by atoms with van der Waals surface area (Å²) in [5.74, 6) is 4.80. The van der Waals surface area contributed by atoms with Gasteiger partial charge in [0.1, 0.15) is 0 Å². The second kappa shape index (κ2) is 3.55. The summed E-state index contributed by atoms with van der Waals surface area (Å²) in [7, 11) is 1.48. The van der Waals surface area contributed by atoms with E-state index in [2.05, 4.69) is 0 Å². The molecule has 0 amide bonds. The Labute approximate surface area is 73.8 Å². The zero-order valence-corrected chi connectivity index (χ0v) is 7.11. The molecule has 1 aromatic rings. The Hall–Kier alpha value is -1.40. The summed E-state index contributed by atoms with van der Waals surface area (Å²) in [5.41, 5.74) is -1.78. The fourth-order valence-electron chi connectivity index (χ4n) is 0.936. The Morgan fingerprint density at radius 1 is 1.46 bits per heavy atom. The van der Waals surface area contributed by atoms with Gasteiger partial charge in [-0.3, -0.25) is 9.59 Å².